The SMILES string of the molecule is CCCCC1=Cc2c(-c3ccccn3)cc(C(C)C)cc2[CH]1[Hf]([CH3])([CH3])(=[SiH2])[CH]1C(CCCC)=Cc2c(-c3ccccn3)cc(C(C)C)cc21.Cl.Cl. The average Bonchev–Trinajstić information content (AvgIpc) is 3.65. The van der Waals surface area contributed by atoms with E-state index in [0.717, 1.165) is 11.4 Å². The van der Waals surface area contributed by atoms with Crippen LogP contribution in [0.25, 0.3) is 34.7 Å². The molecule has 2 atom stereocenters. The van der Waals surface area contributed by atoms with E-state index < -0.39 is 17.1 Å². The van der Waals surface area contributed by atoms with Crippen molar-refractivity contribution in [3.05, 3.63) is 118 Å². The van der Waals surface area contributed by atoms with Gasteiger partial charge in [0.1, 0.15) is 0 Å². The van der Waals surface area contributed by atoms with Crippen LogP contribution in [0.2, 0.25) is 9.36 Å². The molecule has 6 rings (SSSR count). The van der Waals surface area contributed by atoms with Gasteiger partial charge in [-0.05, 0) is 0 Å². The number of halogens is 2. The summed E-state index contributed by atoms with van der Waals surface area (Å²) in [5.41, 5.74) is 17.2. The predicted molar refractivity (Wildman–Crippen MR) is 223 cm³/mol. The largest absolute Gasteiger partial charge is 0.147 e. The molecule has 0 N–H and O–H groups in total. The zero-order valence-electron chi connectivity index (χ0n) is 31.6. The van der Waals surface area contributed by atoms with Gasteiger partial charge in [0.05, 0.1) is 0 Å². The molecule has 0 spiro atoms. The maximum Gasteiger partial charge on any atom is -0.147 e. The van der Waals surface area contributed by atoms with Gasteiger partial charge >= 0.3 is 295 Å². The van der Waals surface area contributed by atoms with E-state index in [1.54, 1.807) is 22.3 Å². The third-order valence-corrected chi connectivity index (χ3v) is 36.4. The summed E-state index contributed by atoms with van der Waals surface area (Å²) in [6.45, 7) is 16.6. The molecule has 0 aliphatic heterocycles. The van der Waals surface area contributed by atoms with Crippen LogP contribution in [0.4, 0.5) is 0 Å². The van der Waals surface area contributed by atoms with Crippen molar-refractivity contribution in [2.75, 3.05) is 0 Å². The minimum atomic E-state index is -4.01. The van der Waals surface area contributed by atoms with E-state index in [9.17, 15) is 0 Å². The van der Waals surface area contributed by atoms with E-state index in [2.05, 4.69) is 119 Å². The van der Waals surface area contributed by atoms with Crippen LogP contribution in [0.5, 0.6) is 0 Å². The Morgan fingerprint density at radius 2 is 1.04 bits per heavy atom. The van der Waals surface area contributed by atoms with Crippen LogP contribution in [-0.4, -0.2) is 16.9 Å². The first-order valence-corrected chi connectivity index (χ1v) is 38.3. The molecule has 2 aromatic carbocycles. The Morgan fingerprint density at radius 3 is 1.36 bits per heavy atom. The van der Waals surface area contributed by atoms with Crippen LogP contribution in [-0.2, 0) is 17.1 Å². The summed E-state index contributed by atoms with van der Waals surface area (Å²) in [4.78, 5) is 9.82. The van der Waals surface area contributed by atoms with Crippen LogP contribution in [0.1, 0.15) is 133 Å². The Labute approximate surface area is 317 Å². The van der Waals surface area contributed by atoms with Crippen LogP contribution in [0.15, 0.2) is 84.2 Å². The number of hydrogen-bond donors (Lipinski definition) is 0. The minimum Gasteiger partial charge on any atom is -0.147 e. The maximum atomic E-state index is 4.91. The van der Waals surface area contributed by atoms with Gasteiger partial charge in [-0.25, -0.2) is 0 Å². The molecular formula is C44H58Cl2HfN2Si. The summed E-state index contributed by atoms with van der Waals surface area (Å²) < 4.78 is 6.68. The van der Waals surface area contributed by atoms with Gasteiger partial charge in [-0.15, -0.1) is 24.8 Å². The van der Waals surface area contributed by atoms with Gasteiger partial charge in [-0.1, -0.05) is 0 Å². The van der Waals surface area contributed by atoms with Crippen LogP contribution < -0.4 is 0 Å². The van der Waals surface area contributed by atoms with E-state index >= 15 is 0 Å². The Kier molecular flexibility index (Phi) is 13.2. The summed E-state index contributed by atoms with van der Waals surface area (Å²) >= 11 is -4.01. The second kappa shape index (κ2) is 16.3. The first-order chi connectivity index (χ1) is 22.9. The topological polar surface area (TPSA) is 25.8 Å². The Hall–Kier alpha value is -2.11. The molecule has 266 valence electrons. The van der Waals surface area contributed by atoms with E-state index in [1.165, 1.54) is 71.9 Å². The molecule has 0 radical (unpaired) electrons. The fourth-order valence-electron chi connectivity index (χ4n) is 8.87. The predicted octanol–water partition coefficient (Wildman–Crippen LogP) is 13.2. The van der Waals surface area contributed by atoms with Crippen molar-refractivity contribution in [1.82, 2.24) is 9.97 Å². The third-order valence-electron chi connectivity index (χ3n) is 11.2. The fraction of sp³-hybridized carbons (Fsp3) is 0.409. The molecule has 0 amide bonds. The number of pyridine rings is 2. The van der Waals surface area contributed by atoms with E-state index in [1.807, 2.05) is 24.5 Å². The monoisotopic (exact) mass is 892 g/mol. The summed E-state index contributed by atoms with van der Waals surface area (Å²) in [5, 5.41) is 0. The molecule has 2 aromatic heterocycles. The number of benzene rings is 2. The van der Waals surface area contributed by atoms with Crippen molar-refractivity contribution < 1.29 is 17.1 Å². The van der Waals surface area contributed by atoms with Crippen molar-refractivity contribution in [3.8, 4) is 22.5 Å². The van der Waals surface area contributed by atoms with Crippen LogP contribution >= 0.6 is 24.8 Å². The first-order valence-electron chi connectivity index (χ1n) is 18.6. The second-order valence-electron chi connectivity index (χ2n) is 16.3. The molecule has 0 bridgehead atoms. The van der Waals surface area contributed by atoms with Gasteiger partial charge in [0, 0.05) is 0 Å². The molecule has 50 heavy (non-hydrogen) atoms. The standard InChI is InChI=1S/2C21H24N.2CH3.2ClH.Hf.H2Si/c2*1-4-5-8-16-11-18-13-17(15(2)3)14-20(19(18)12-16)21-9-6-7-10-22-21;;;;;;/h2*6-7,9-15H,4-5,8H2,1-3H3;2*1H3;2*1H;;1H2. The number of hydrogen-bond acceptors (Lipinski definition) is 2. The fourth-order valence-corrected chi connectivity index (χ4v) is 37.4. The van der Waals surface area contributed by atoms with Gasteiger partial charge in [0.15, 0.2) is 0 Å². The molecule has 6 heteroatoms. The number of unbranched alkanes of at least 4 members (excludes halogenated alkanes) is 2. The van der Waals surface area contributed by atoms with Gasteiger partial charge in [-0.3, -0.25) is 0 Å². The first kappa shape index (κ1) is 40.7. The molecule has 2 heterocycles. The molecule has 0 saturated carbocycles. The molecule has 4 aromatic rings. The van der Waals surface area contributed by atoms with Crippen molar-refractivity contribution in [2.45, 2.75) is 109 Å². The minimum absolute atomic E-state index is 0. The van der Waals surface area contributed by atoms with Crippen molar-refractivity contribution >= 4 is 43.9 Å². The van der Waals surface area contributed by atoms with Crippen molar-refractivity contribution in [3.63, 3.8) is 0 Å². The molecule has 2 unspecified atom stereocenters. The van der Waals surface area contributed by atoms with Gasteiger partial charge in [0.2, 0.25) is 0 Å². The summed E-state index contributed by atoms with van der Waals surface area (Å²) in [5.74, 6) is 0.907. The molecular weight excluding hydrogens is 834 g/mol. The number of rotatable bonds is 12. The Bertz CT molecular complexity index is 1810. The number of allylic oxidation sites excluding steroid dienone is 2. The Balaban J connectivity index is 0.00000281. The zero-order valence-corrected chi connectivity index (χ0v) is 38.2. The molecule has 2 aliphatic carbocycles. The van der Waals surface area contributed by atoms with Crippen LogP contribution in [0, 0.1) is 0 Å². The summed E-state index contributed by atoms with van der Waals surface area (Å²) in [7, 11) is 0. The Morgan fingerprint density at radius 1 is 0.640 bits per heavy atom. The van der Waals surface area contributed by atoms with Gasteiger partial charge < -0.3 is 0 Å². The number of nitrogens with zero attached hydrogens (tertiary/aromatic N) is 2. The molecule has 2 nitrogen and oxygen atoms in total. The normalized spacial score (nSPS) is 16.8. The zero-order chi connectivity index (χ0) is 34.2. The second-order valence-corrected chi connectivity index (χ2v) is 59.8. The average molecular weight is 892 g/mol. The molecule has 0 saturated heterocycles. The van der Waals surface area contributed by atoms with Crippen molar-refractivity contribution in [2.24, 2.45) is 0 Å². The number of fused-ring (bicyclic) bond motifs is 2. The summed E-state index contributed by atoms with van der Waals surface area (Å²) in [6.07, 6.45) is 16.5. The third kappa shape index (κ3) is 7.66. The quantitative estimate of drug-likeness (QED) is 0.132. The van der Waals surface area contributed by atoms with Gasteiger partial charge in [0.25, 0.3) is 0 Å². The van der Waals surface area contributed by atoms with E-state index in [-0.39, 0.29) is 24.8 Å². The van der Waals surface area contributed by atoms with E-state index in [0.29, 0.717) is 19.2 Å². The number of aromatic nitrogens is 2. The molecule has 0 fully saturated rings. The van der Waals surface area contributed by atoms with Crippen LogP contribution in [0.3, 0.4) is 0 Å². The van der Waals surface area contributed by atoms with Gasteiger partial charge in [-0.2, -0.15) is 0 Å². The maximum absolute atomic E-state index is 4.91. The molecule has 2 aliphatic rings. The van der Waals surface area contributed by atoms with Crippen molar-refractivity contribution in [1.29, 1.82) is 0 Å². The summed E-state index contributed by atoms with van der Waals surface area (Å²) in [6, 6.07) is 22.9. The van der Waals surface area contributed by atoms with E-state index in [4.69, 9.17) is 9.97 Å². The smallest absolute Gasteiger partial charge is 0.147 e.